The molecule has 0 aliphatic carbocycles. The van der Waals surface area contributed by atoms with E-state index in [1.54, 1.807) is 44.4 Å². The molecule has 2 atom stereocenters. The van der Waals surface area contributed by atoms with Crippen LogP contribution in [0.3, 0.4) is 0 Å². The summed E-state index contributed by atoms with van der Waals surface area (Å²) in [5.74, 6) is -0.914. The molecule has 224 valence electrons. The second-order valence-corrected chi connectivity index (χ2v) is 11.0. The lowest BCUT2D eigenvalue weighted by Crippen LogP contribution is -2.44. The number of amides is 2. The molecule has 4 aromatic rings. The third-order valence-electron chi connectivity index (χ3n) is 7.11. The summed E-state index contributed by atoms with van der Waals surface area (Å²) in [7, 11) is 0. The lowest BCUT2D eigenvalue weighted by Gasteiger charge is -2.24. The molecule has 5 rings (SSSR count). The Kier molecular flexibility index (Phi) is 8.82. The molecule has 15 heteroatoms. The van der Waals surface area contributed by atoms with Gasteiger partial charge in [-0.3, -0.25) is 24.0 Å². The van der Waals surface area contributed by atoms with Crippen LogP contribution in [0.25, 0.3) is 22.2 Å². The van der Waals surface area contributed by atoms with Crippen LogP contribution >= 0.6 is 15.9 Å². The number of nitrogens with one attached hydrogen (secondary N) is 1. The van der Waals surface area contributed by atoms with Gasteiger partial charge in [0.2, 0.25) is 11.8 Å². The summed E-state index contributed by atoms with van der Waals surface area (Å²) < 4.78 is 31.9. The molecule has 4 aromatic heterocycles. The van der Waals surface area contributed by atoms with Crippen LogP contribution in [-0.4, -0.2) is 78.0 Å². The lowest BCUT2D eigenvalue weighted by atomic mass is 10.1. The second-order valence-electron chi connectivity index (χ2n) is 10.2. The van der Waals surface area contributed by atoms with Gasteiger partial charge in [0.1, 0.15) is 34.5 Å². The second kappa shape index (κ2) is 12.6. The number of aryl methyl sites for hydroxylation is 2. The van der Waals surface area contributed by atoms with Crippen LogP contribution in [0.15, 0.2) is 41.4 Å². The molecular formula is C28H27BrF2N8O4. The molecule has 2 unspecified atom stereocenters. The van der Waals surface area contributed by atoms with Gasteiger partial charge in [-0.2, -0.15) is 13.9 Å². The van der Waals surface area contributed by atoms with Gasteiger partial charge in [-0.05, 0) is 53.9 Å². The normalized spacial score (nSPS) is 16.7. The number of fused-ring (bicyclic) bond motifs is 1. The first-order chi connectivity index (χ1) is 20.5. The molecule has 0 spiro atoms. The van der Waals surface area contributed by atoms with Gasteiger partial charge in [0, 0.05) is 42.7 Å². The summed E-state index contributed by atoms with van der Waals surface area (Å²) >= 11 is 3.28. The number of rotatable bonds is 9. The van der Waals surface area contributed by atoms with E-state index in [0.717, 1.165) is 0 Å². The van der Waals surface area contributed by atoms with E-state index in [1.807, 2.05) is 0 Å². The van der Waals surface area contributed by atoms with Crippen molar-refractivity contribution in [3.63, 3.8) is 0 Å². The molecular weight excluding hydrogens is 630 g/mol. The minimum Gasteiger partial charge on any atom is -0.329 e. The van der Waals surface area contributed by atoms with Crippen molar-refractivity contribution in [1.82, 2.24) is 34.6 Å². The largest absolute Gasteiger partial charge is 0.345 e. The number of carbonyl (C=O) groups is 3. The molecule has 0 saturated carbocycles. The topological polar surface area (TPSA) is 145 Å². The molecule has 0 bridgehead atoms. The molecule has 5 heterocycles. The number of ketones is 1. The van der Waals surface area contributed by atoms with E-state index in [9.17, 15) is 23.2 Å². The van der Waals surface area contributed by atoms with Gasteiger partial charge in [0.05, 0.1) is 24.0 Å². The van der Waals surface area contributed by atoms with Crippen molar-refractivity contribution < 1.29 is 27.9 Å². The van der Waals surface area contributed by atoms with Crippen molar-refractivity contribution in [3.05, 3.63) is 58.5 Å². The maximum Gasteiger partial charge on any atom is 0.345 e. The summed E-state index contributed by atoms with van der Waals surface area (Å²) in [5.41, 5.74) is 2.45. The monoisotopic (exact) mass is 656 g/mol. The Morgan fingerprint density at radius 1 is 1.14 bits per heavy atom. The van der Waals surface area contributed by atoms with Crippen LogP contribution < -0.4 is 5.32 Å². The quantitative estimate of drug-likeness (QED) is 0.209. The third kappa shape index (κ3) is 6.72. The van der Waals surface area contributed by atoms with Crippen LogP contribution in [-0.2, 0) is 20.9 Å². The maximum absolute atomic E-state index is 13.7. The van der Waals surface area contributed by atoms with Crippen molar-refractivity contribution in [2.75, 3.05) is 18.5 Å². The molecule has 1 fully saturated rings. The van der Waals surface area contributed by atoms with Crippen LogP contribution in [0.4, 0.5) is 14.6 Å². The van der Waals surface area contributed by atoms with Crippen LogP contribution in [0.5, 0.6) is 0 Å². The zero-order valence-corrected chi connectivity index (χ0v) is 25.0. The molecule has 12 nitrogen and oxygen atoms in total. The molecule has 2 amide bonds. The van der Waals surface area contributed by atoms with Gasteiger partial charge in [0.25, 0.3) is 0 Å². The number of alkyl halides is 2. The van der Waals surface area contributed by atoms with Gasteiger partial charge in [0.15, 0.2) is 5.78 Å². The van der Waals surface area contributed by atoms with E-state index >= 15 is 0 Å². The Morgan fingerprint density at radius 3 is 2.58 bits per heavy atom. The summed E-state index contributed by atoms with van der Waals surface area (Å²) in [6.07, 6.45) is 4.86. The van der Waals surface area contributed by atoms with Crippen molar-refractivity contribution in [2.24, 2.45) is 5.92 Å². The predicted molar refractivity (Wildman–Crippen MR) is 154 cm³/mol. The molecule has 1 aliphatic rings. The van der Waals surface area contributed by atoms with Crippen molar-refractivity contribution in [3.8, 4) is 11.3 Å². The summed E-state index contributed by atoms with van der Waals surface area (Å²) in [6, 6.07) is 4.21. The van der Waals surface area contributed by atoms with Crippen LogP contribution in [0.2, 0.25) is 0 Å². The van der Waals surface area contributed by atoms with Gasteiger partial charge in [-0.1, -0.05) is 6.07 Å². The highest BCUT2D eigenvalue weighted by Crippen LogP contribution is 2.28. The molecule has 0 radical (unpaired) electrons. The maximum atomic E-state index is 13.7. The van der Waals surface area contributed by atoms with Crippen LogP contribution in [0.1, 0.15) is 35.2 Å². The fraction of sp³-hybridized carbons (Fsp3) is 0.357. The van der Waals surface area contributed by atoms with E-state index in [2.05, 4.69) is 51.0 Å². The fourth-order valence-electron chi connectivity index (χ4n) is 4.96. The first-order valence-corrected chi connectivity index (χ1v) is 14.1. The Morgan fingerprint density at radius 2 is 1.88 bits per heavy atom. The third-order valence-corrected chi connectivity index (χ3v) is 7.55. The van der Waals surface area contributed by atoms with E-state index in [0.29, 0.717) is 44.0 Å². The van der Waals surface area contributed by atoms with Gasteiger partial charge < -0.3 is 15.0 Å². The smallest absolute Gasteiger partial charge is 0.329 e. The number of nitrogens with zero attached hydrogens (tertiary/aromatic N) is 7. The molecule has 43 heavy (non-hydrogen) atoms. The first-order valence-electron chi connectivity index (χ1n) is 13.3. The minimum absolute atomic E-state index is 0.0170. The minimum atomic E-state index is -2.98. The van der Waals surface area contributed by atoms with E-state index in [1.165, 1.54) is 22.7 Å². The number of carbonyl (C=O) groups excluding carboxylic acids is 3. The van der Waals surface area contributed by atoms with E-state index in [4.69, 9.17) is 0 Å². The summed E-state index contributed by atoms with van der Waals surface area (Å²) in [5, 5.41) is 7.63. The highest BCUT2D eigenvalue weighted by molar-refractivity contribution is 9.10. The Balaban J connectivity index is 1.42. The van der Waals surface area contributed by atoms with Gasteiger partial charge in [-0.25, -0.2) is 15.0 Å². The Bertz CT molecular complexity index is 1700. The summed E-state index contributed by atoms with van der Waals surface area (Å²) in [6.45, 7) is 1.30. The number of hydrogen-bond acceptors (Lipinski definition) is 9. The number of ether oxygens (including phenoxy) is 1. The highest BCUT2D eigenvalue weighted by Gasteiger charge is 2.40. The molecule has 1 saturated heterocycles. The summed E-state index contributed by atoms with van der Waals surface area (Å²) in [4.78, 5) is 58.0. The Labute approximate surface area is 253 Å². The number of hydrogen-bond donors (Lipinski definition) is 1. The number of aromatic nitrogens is 6. The SMILES string of the molecule is CC(=O)c1nn(CC(=O)N2CC(COC(F)F)CC2C(=O)Nc2nc(Br)ccc2C)c2cnc(-c3cnc(C)nc3)cc12. The highest BCUT2D eigenvalue weighted by atomic mass is 79.9. The number of Topliss-reactive ketones (excluding diaryl/α,β-unsaturated/α-hetero) is 1. The number of anilines is 1. The van der Waals surface area contributed by atoms with Gasteiger partial charge >= 0.3 is 6.61 Å². The number of halogens is 3. The molecule has 1 aliphatic heterocycles. The first kappa shape index (κ1) is 30.2. The fourth-order valence-corrected chi connectivity index (χ4v) is 5.27. The van der Waals surface area contributed by atoms with Gasteiger partial charge in [-0.15, -0.1) is 0 Å². The number of likely N-dealkylation sites (tertiary alicyclic amines) is 1. The van der Waals surface area contributed by atoms with Crippen molar-refractivity contribution in [2.45, 2.75) is 46.4 Å². The average molecular weight is 657 g/mol. The lowest BCUT2D eigenvalue weighted by molar-refractivity contribution is -0.139. The van der Waals surface area contributed by atoms with E-state index in [-0.39, 0.29) is 37.6 Å². The predicted octanol–water partition coefficient (Wildman–Crippen LogP) is 3.96. The average Bonchev–Trinajstić information content (AvgIpc) is 3.56. The molecule has 1 N–H and O–H groups in total. The zero-order chi connectivity index (χ0) is 30.8. The molecule has 0 aromatic carbocycles. The number of pyridine rings is 2. The standard InChI is InChI=1S/C28H27BrF2N8O4/c1-14-4-5-23(29)35-26(14)36-27(42)21-6-17(13-43-28(30)31)11-38(21)24(41)12-39-22-10-34-20(18-8-32-16(3)33-9-18)7-19(22)25(37-39)15(2)40/h4-5,7-10,17,21,28H,6,11-13H2,1-3H3,(H,35,36,42). The van der Waals surface area contributed by atoms with E-state index < -0.39 is 30.4 Å². The zero-order valence-electron chi connectivity index (χ0n) is 23.4. The van der Waals surface area contributed by atoms with Crippen LogP contribution in [0, 0.1) is 19.8 Å². The van der Waals surface area contributed by atoms with Crippen molar-refractivity contribution >= 4 is 50.2 Å². The van der Waals surface area contributed by atoms with Crippen molar-refractivity contribution in [1.29, 1.82) is 0 Å². The Hall–Kier alpha value is -4.24.